The van der Waals surface area contributed by atoms with Gasteiger partial charge in [-0.3, -0.25) is 9.59 Å². The Morgan fingerprint density at radius 2 is 1.95 bits per heavy atom. The molecule has 102 valence electrons. The summed E-state index contributed by atoms with van der Waals surface area (Å²) in [6.45, 7) is 0.508. The summed E-state index contributed by atoms with van der Waals surface area (Å²) in [6.07, 6.45) is -0.130. The van der Waals surface area contributed by atoms with Crippen molar-refractivity contribution >= 4 is 23.7 Å². The molecule has 0 spiro atoms. The standard InChI is InChI=1S/C13H15NO4S/c15-11(16)6-9-10(7-14-12(9)13(17)18)19-8-4-2-1-3-5-8/h1-5,9-10,12,14H,6-7H2,(H,15,16)(H,17,18)/t9-,10-,12-/m0/s1. The molecule has 0 radical (unpaired) electrons. The Bertz CT molecular complexity index is 465. The van der Waals surface area contributed by atoms with Crippen molar-refractivity contribution in [2.75, 3.05) is 6.54 Å². The minimum Gasteiger partial charge on any atom is -0.481 e. The average molecular weight is 281 g/mol. The Kier molecular flexibility index (Phi) is 4.44. The first kappa shape index (κ1) is 13.9. The summed E-state index contributed by atoms with van der Waals surface area (Å²) >= 11 is 1.53. The van der Waals surface area contributed by atoms with Gasteiger partial charge in [-0.2, -0.15) is 0 Å². The Hall–Kier alpha value is -1.53. The van der Waals surface area contributed by atoms with E-state index in [4.69, 9.17) is 10.2 Å². The van der Waals surface area contributed by atoms with Crippen LogP contribution in [0, 0.1) is 5.92 Å². The van der Waals surface area contributed by atoms with Crippen molar-refractivity contribution < 1.29 is 19.8 Å². The zero-order valence-electron chi connectivity index (χ0n) is 10.2. The molecule has 3 N–H and O–H groups in total. The lowest BCUT2D eigenvalue weighted by atomic mass is 9.96. The molecule has 5 nitrogen and oxygen atoms in total. The van der Waals surface area contributed by atoms with Gasteiger partial charge in [-0.25, -0.2) is 0 Å². The van der Waals surface area contributed by atoms with Gasteiger partial charge in [-0.15, -0.1) is 11.8 Å². The first-order valence-electron chi connectivity index (χ1n) is 5.97. The normalized spacial score (nSPS) is 26.2. The molecule has 0 aromatic heterocycles. The second-order valence-corrected chi connectivity index (χ2v) is 5.77. The molecule has 0 bridgehead atoms. The first-order chi connectivity index (χ1) is 9.08. The SMILES string of the molecule is O=C(O)C[C@H]1[C@@H](Sc2ccccc2)CN[C@@H]1C(=O)O. The maximum Gasteiger partial charge on any atom is 0.321 e. The fourth-order valence-electron chi connectivity index (χ4n) is 2.28. The number of carbonyl (C=O) groups is 2. The van der Waals surface area contributed by atoms with Gasteiger partial charge in [0.1, 0.15) is 6.04 Å². The molecule has 19 heavy (non-hydrogen) atoms. The van der Waals surface area contributed by atoms with Crippen molar-refractivity contribution in [3.8, 4) is 0 Å². The van der Waals surface area contributed by atoms with E-state index in [1.807, 2.05) is 30.3 Å². The molecule has 6 heteroatoms. The van der Waals surface area contributed by atoms with Crippen LogP contribution in [0.15, 0.2) is 35.2 Å². The zero-order chi connectivity index (χ0) is 13.8. The second-order valence-electron chi connectivity index (χ2n) is 4.46. The maximum absolute atomic E-state index is 11.1. The lowest BCUT2D eigenvalue weighted by Crippen LogP contribution is -2.37. The summed E-state index contributed by atoms with van der Waals surface area (Å²) in [4.78, 5) is 23.0. The van der Waals surface area contributed by atoms with Gasteiger partial charge in [0, 0.05) is 22.6 Å². The minimum atomic E-state index is -0.984. The fraction of sp³-hybridized carbons (Fsp3) is 0.385. The van der Waals surface area contributed by atoms with Gasteiger partial charge < -0.3 is 15.5 Å². The van der Waals surface area contributed by atoms with Gasteiger partial charge in [0.2, 0.25) is 0 Å². The second kappa shape index (κ2) is 6.08. The van der Waals surface area contributed by atoms with Gasteiger partial charge >= 0.3 is 11.9 Å². The van der Waals surface area contributed by atoms with E-state index in [1.165, 1.54) is 11.8 Å². The molecule has 1 aromatic rings. The first-order valence-corrected chi connectivity index (χ1v) is 6.85. The molecular formula is C13H15NO4S. The van der Waals surface area contributed by atoms with E-state index in [0.29, 0.717) is 6.54 Å². The van der Waals surface area contributed by atoms with Crippen LogP contribution < -0.4 is 5.32 Å². The third-order valence-electron chi connectivity index (χ3n) is 3.15. The monoisotopic (exact) mass is 281 g/mol. The third-order valence-corrected chi connectivity index (χ3v) is 4.52. The molecule has 0 aliphatic carbocycles. The average Bonchev–Trinajstić information content (AvgIpc) is 2.73. The third kappa shape index (κ3) is 3.48. The number of hydrogen-bond acceptors (Lipinski definition) is 4. The number of aliphatic carboxylic acids is 2. The predicted octanol–water partition coefficient (Wildman–Crippen LogP) is 1.29. The highest BCUT2D eigenvalue weighted by Crippen LogP contribution is 2.34. The van der Waals surface area contributed by atoms with Crippen molar-refractivity contribution in [1.29, 1.82) is 0 Å². The summed E-state index contributed by atoms with van der Waals surface area (Å²) in [5, 5.41) is 20.9. The van der Waals surface area contributed by atoms with Crippen LogP contribution in [-0.2, 0) is 9.59 Å². The molecule has 1 aromatic carbocycles. The van der Waals surface area contributed by atoms with E-state index in [1.54, 1.807) is 0 Å². The molecule has 0 amide bonds. The van der Waals surface area contributed by atoms with E-state index in [-0.39, 0.29) is 11.7 Å². The van der Waals surface area contributed by atoms with Crippen LogP contribution in [0.3, 0.4) is 0 Å². The minimum absolute atomic E-state index is 0.0420. The number of carboxylic acids is 2. The molecule has 2 rings (SSSR count). The zero-order valence-corrected chi connectivity index (χ0v) is 11.0. The van der Waals surface area contributed by atoms with Crippen LogP contribution in [0.1, 0.15) is 6.42 Å². The van der Waals surface area contributed by atoms with Crippen LogP contribution in [0.2, 0.25) is 0 Å². The van der Waals surface area contributed by atoms with Crippen LogP contribution in [0.25, 0.3) is 0 Å². The van der Waals surface area contributed by atoms with Crippen LogP contribution in [0.5, 0.6) is 0 Å². The Morgan fingerprint density at radius 3 is 2.53 bits per heavy atom. The Labute approximate surface area is 115 Å². The number of carboxylic acid groups (broad SMARTS) is 2. The lowest BCUT2D eigenvalue weighted by Gasteiger charge is -2.19. The quantitative estimate of drug-likeness (QED) is 0.754. The van der Waals surface area contributed by atoms with Crippen molar-refractivity contribution in [3.05, 3.63) is 30.3 Å². The van der Waals surface area contributed by atoms with E-state index >= 15 is 0 Å². The predicted molar refractivity (Wildman–Crippen MR) is 71.3 cm³/mol. The summed E-state index contributed by atoms with van der Waals surface area (Å²) in [5.74, 6) is -2.35. The Balaban J connectivity index is 2.10. The highest BCUT2D eigenvalue weighted by molar-refractivity contribution is 8.00. The number of thioether (sulfide) groups is 1. The van der Waals surface area contributed by atoms with Gasteiger partial charge in [-0.1, -0.05) is 18.2 Å². The number of rotatable bonds is 5. The molecule has 1 saturated heterocycles. The van der Waals surface area contributed by atoms with Gasteiger partial charge in [0.05, 0.1) is 6.42 Å². The summed E-state index contributed by atoms with van der Waals surface area (Å²) < 4.78 is 0. The van der Waals surface area contributed by atoms with Gasteiger partial charge in [-0.05, 0) is 12.1 Å². The topological polar surface area (TPSA) is 86.6 Å². The molecule has 0 saturated carbocycles. The summed E-state index contributed by atoms with van der Waals surface area (Å²) in [7, 11) is 0. The van der Waals surface area contributed by atoms with Gasteiger partial charge in [0.25, 0.3) is 0 Å². The molecular weight excluding hydrogens is 266 g/mol. The number of hydrogen-bond donors (Lipinski definition) is 3. The van der Waals surface area contributed by atoms with Crippen molar-refractivity contribution in [2.24, 2.45) is 5.92 Å². The lowest BCUT2D eigenvalue weighted by molar-refractivity contribution is -0.141. The van der Waals surface area contributed by atoms with E-state index in [9.17, 15) is 9.59 Å². The highest BCUT2D eigenvalue weighted by Gasteiger charge is 2.41. The Morgan fingerprint density at radius 1 is 1.26 bits per heavy atom. The largest absolute Gasteiger partial charge is 0.481 e. The number of benzene rings is 1. The summed E-state index contributed by atoms with van der Waals surface area (Å²) in [6, 6.07) is 8.83. The fourth-order valence-corrected chi connectivity index (χ4v) is 3.56. The van der Waals surface area contributed by atoms with E-state index in [2.05, 4.69) is 5.32 Å². The molecule has 3 atom stereocenters. The molecule has 1 aliphatic heterocycles. The van der Waals surface area contributed by atoms with Crippen molar-refractivity contribution in [1.82, 2.24) is 5.32 Å². The molecule has 0 unspecified atom stereocenters. The molecule has 1 heterocycles. The summed E-state index contributed by atoms with van der Waals surface area (Å²) in [5.41, 5.74) is 0. The smallest absolute Gasteiger partial charge is 0.321 e. The maximum atomic E-state index is 11.1. The number of nitrogens with one attached hydrogen (secondary N) is 1. The van der Waals surface area contributed by atoms with Crippen LogP contribution in [-0.4, -0.2) is 40.0 Å². The highest BCUT2D eigenvalue weighted by atomic mass is 32.2. The van der Waals surface area contributed by atoms with Crippen molar-refractivity contribution in [2.45, 2.75) is 22.6 Å². The van der Waals surface area contributed by atoms with Crippen molar-refractivity contribution in [3.63, 3.8) is 0 Å². The molecule has 1 aliphatic rings. The van der Waals surface area contributed by atoms with Crippen LogP contribution >= 0.6 is 11.8 Å². The van der Waals surface area contributed by atoms with E-state index in [0.717, 1.165) is 4.90 Å². The van der Waals surface area contributed by atoms with E-state index < -0.39 is 23.9 Å². The van der Waals surface area contributed by atoms with Gasteiger partial charge in [0.15, 0.2) is 0 Å². The molecule has 1 fully saturated rings. The van der Waals surface area contributed by atoms with Crippen LogP contribution in [0.4, 0.5) is 0 Å².